The fraction of sp³-hybridized carbons (Fsp3) is 0.441. The van der Waals surface area contributed by atoms with Crippen LogP contribution in [0.5, 0.6) is 11.5 Å². The molecule has 8 nitrogen and oxygen atoms in total. The fourth-order valence-electron chi connectivity index (χ4n) is 5.47. The maximum Gasteiger partial charge on any atom is 0.224 e. The van der Waals surface area contributed by atoms with Gasteiger partial charge in [-0.25, -0.2) is 0 Å². The standard InChI is InChI=1S/C34H44N2O6/c1-25(38)36(30-7-3-2-4-8-30)31-9-5-6-27(20-31)24-41-18-19-42-32-13-10-26(11-14-32)16-17-35-22-34(40)28-12-15-33(39)29(21-28)23-37/h5-6,9-15,20-21,30,34-35,37,39-40H,2-4,7-8,16-19,22-24H2,1H3/t34-/m1/s1. The number of ether oxygens (including phenoxy) is 2. The van der Waals surface area contributed by atoms with Crippen LogP contribution >= 0.6 is 0 Å². The Labute approximate surface area is 248 Å². The SMILES string of the molecule is CC(=O)N(c1cccc(COCCOc2ccc(CCNC[C@@H](O)c3ccc(O)c(CO)c3)cc2)c1)C1CCCCC1. The van der Waals surface area contributed by atoms with Crippen LogP contribution < -0.4 is 15.0 Å². The number of hydrogen-bond acceptors (Lipinski definition) is 7. The van der Waals surface area contributed by atoms with Crippen LogP contribution in [-0.2, 0) is 29.2 Å². The molecule has 1 saturated carbocycles. The maximum absolute atomic E-state index is 12.4. The van der Waals surface area contributed by atoms with Crippen molar-refractivity contribution in [2.24, 2.45) is 0 Å². The highest BCUT2D eigenvalue weighted by molar-refractivity contribution is 5.92. The van der Waals surface area contributed by atoms with Gasteiger partial charge in [0, 0.05) is 30.8 Å². The van der Waals surface area contributed by atoms with Gasteiger partial charge in [0.05, 0.1) is 25.9 Å². The highest BCUT2D eigenvalue weighted by atomic mass is 16.5. The fourth-order valence-corrected chi connectivity index (χ4v) is 5.47. The molecule has 4 N–H and O–H groups in total. The molecule has 1 amide bonds. The van der Waals surface area contributed by atoms with Crippen LogP contribution in [0.25, 0.3) is 0 Å². The molecule has 42 heavy (non-hydrogen) atoms. The van der Waals surface area contributed by atoms with Gasteiger partial charge in [0.15, 0.2) is 0 Å². The molecule has 4 rings (SSSR count). The third kappa shape index (κ3) is 9.29. The molecule has 0 saturated heterocycles. The molecule has 1 aliphatic carbocycles. The zero-order valence-corrected chi connectivity index (χ0v) is 24.5. The molecular weight excluding hydrogens is 532 g/mol. The van der Waals surface area contributed by atoms with E-state index in [2.05, 4.69) is 11.4 Å². The molecule has 0 unspecified atom stereocenters. The van der Waals surface area contributed by atoms with E-state index in [1.54, 1.807) is 19.1 Å². The molecule has 0 spiro atoms. The molecule has 8 heteroatoms. The number of carbonyl (C=O) groups is 1. The van der Waals surface area contributed by atoms with E-state index in [-0.39, 0.29) is 24.3 Å². The lowest BCUT2D eigenvalue weighted by atomic mass is 9.93. The maximum atomic E-state index is 12.4. The van der Waals surface area contributed by atoms with Gasteiger partial charge in [-0.2, -0.15) is 0 Å². The van der Waals surface area contributed by atoms with E-state index in [1.807, 2.05) is 47.4 Å². The van der Waals surface area contributed by atoms with Crippen molar-refractivity contribution in [1.29, 1.82) is 0 Å². The van der Waals surface area contributed by atoms with Crippen molar-refractivity contribution in [3.8, 4) is 11.5 Å². The molecule has 1 atom stereocenters. The topological polar surface area (TPSA) is 111 Å². The third-order valence-electron chi connectivity index (χ3n) is 7.74. The van der Waals surface area contributed by atoms with Gasteiger partial charge in [-0.15, -0.1) is 0 Å². The van der Waals surface area contributed by atoms with Crippen molar-refractivity contribution in [3.05, 3.63) is 89.0 Å². The van der Waals surface area contributed by atoms with E-state index >= 15 is 0 Å². The number of hydrogen-bond donors (Lipinski definition) is 4. The van der Waals surface area contributed by atoms with Crippen LogP contribution in [0.3, 0.4) is 0 Å². The minimum absolute atomic E-state index is 0.0233. The van der Waals surface area contributed by atoms with Crippen LogP contribution in [0.1, 0.15) is 67.4 Å². The first-order valence-electron chi connectivity index (χ1n) is 14.9. The first kappa shape index (κ1) is 31.5. The monoisotopic (exact) mass is 576 g/mol. The molecule has 0 heterocycles. The van der Waals surface area contributed by atoms with E-state index in [4.69, 9.17) is 9.47 Å². The summed E-state index contributed by atoms with van der Waals surface area (Å²) in [5.74, 6) is 0.900. The highest BCUT2D eigenvalue weighted by Gasteiger charge is 2.24. The Morgan fingerprint density at radius 2 is 1.79 bits per heavy atom. The summed E-state index contributed by atoms with van der Waals surface area (Å²) in [6, 6.07) is 21.1. The lowest BCUT2D eigenvalue weighted by Crippen LogP contribution is -2.40. The molecule has 0 aromatic heterocycles. The van der Waals surface area contributed by atoms with Crippen molar-refractivity contribution in [2.75, 3.05) is 31.2 Å². The normalized spacial score (nSPS) is 14.5. The van der Waals surface area contributed by atoms with Crippen LogP contribution in [0.2, 0.25) is 0 Å². The smallest absolute Gasteiger partial charge is 0.224 e. The molecule has 0 aliphatic heterocycles. The Kier molecular flexibility index (Phi) is 12.2. The van der Waals surface area contributed by atoms with E-state index in [0.717, 1.165) is 41.8 Å². The molecule has 226 valence electrons. The van der Waals surface area contributed by atoms with E-state index in [9.17, 15) is 20.1 Å². The summed E-state index contributed by atoms with van der Waals surface area (Å²) in [6.07, 6.45) is 5.82. The predicted octanol–water partition coefficient (Wildman–Crippen LogP) is 5.03. The van der Waals surface area contributed by atoms with Gasteiger partial charge in [0.2, 0.25) is 5.91 Å². The first-order chi connectivity index (χ1) is 20.4. The van der Waals surface area contributed by atoms with Crippen molar-refractivity contribution < 1.29 is 29.6 Å². The highest BCUT2D eigenvalue weighted by Crippen LogP contribution is 2.28. The summed E-state index contributed by atoms with van der Waals surface area (Å²) in [5.41, 5.74) is 4.20. The lowest BCUT2D eigenvalue weighted by molar-refractivity contribution is -0.117. The molecule has 3 aromatic rings. The quantitative estimate of drug-likeness (QED) is 0.188. The van der Waals surface area contributed by atoms with Gasteiger partial charge >= 0.3 is 0 Å². The number of phenols is 1. The number of aliphatic hydroxyl groups is 2. The van der Waals surface area contributed by atoms with Gasteiger partial charge < -0.3 is 35.0 Å². The Hall–Kier alpha value is -3.43. The Balaban J connectivity index is 1.13. The molecule has 1 fully saturated rings. The predicted molar refractivity (Wildman–Crippen MR) is 164 cm³/mol. The van der Waals surface area contributed by atoms with Crippen LogP contribution in [-0.4, -0.2) is 53.6 Å². The minimum Gasteiger partial charge on any atom is -0.508 e. The number of benzene rings is 3. The van der Waals surface area contributed by atoms with Crippen LogP contribution in [0, 0.1) is 0 Å². The van der Waals surface area contributed by atoms with Gasteiger partial charge in [0.25, 0.3) is 0 Å². The second-order valence-corrected chi connectivity index (χ2v) is 10.9. The van der Waals surface area contributed by atoms with Gasteiger partial charge in [-0.1, -0.05) is 49.6 Å². The largest absolute Gasteiger partial charge is 0.508 e. The summed E-state index contributed by atoms with van der Waals surface area (Å²) in [7, 11) is 0. The second-order valence-electron chi connectivity index (χ2n) is 10.9. The van der Waals surface area contributed by atoms with Crippen molar-refractivity contribution >= 4 is 11.6 Å². The van der Waals surface area contributed by atoms with Crippen molar-refractivity contribution in [2.45, 2.75) is 70.8 Å². The number of nitrogens with zero attached hydrogens (tertiary/aromatic N) is 1. The summed E-state index contributed by atoms with van der Waals surface area (Å²) < 4.78 is 11.7. The van der Waals surface area contributed by atoms with Gasteiger partial charge in [0.1, 0.15) is 18.1 Å². The first-order valence-corrected chi connectivity index (χ1v) is 14.9. The van der Waals surface area contributed by atoms with E-state index in [0.29, 0.717) is 44.0 Å². The average molecular weight is 577 g/mol. The Bertz CT molecular complexity index is 1260. The van der Waals surface area contributed by atoms with Crippen LogP contribution in [0.15, 0.2) is 66.7 Å². The summed E-state index contributed by atoms with van der Waals surface area (Å²) >= 11 is 0. The number of nitrogens with one attached hydrogen (secondary N) is 1. The molecule has 3 aromatic carbocycles. The molecular formula is C34H44N2O6. The van der Waals surface area contributed by atoms with E-state index in [1.165, 1.54) is 25.3 Å². The Morgan fingerprint density at radius 1 is 1.00 bits per heavy atom. The number of anilines is 1. The van der Waals surface area contributed by atoms with Crippen molar-refractivity contribution in [3.63, 3.8) is 0 Å². The van der Waals surface area contributed by atoms with Crippen LogP contribution in [0.4, 0.5) is 5.69 Å². The summed E-state index contributed by atoms with van der Waals surface area (Å²) in [5, 5.41) is 32.6. The summed E-state index contributed by atoms with van der Waals surface area (Å²) in [4.78, 5) is 14.4. The van der Waals surface area contributed by atoms with Gasteiger partial charge in [-0.3, -0.25) is 4.79 Å². The molecule has 1 aliphatic rings. The Morgan fingerprint density at radius 3 is 2.52 bits per heavy atom. The number of aromatic hydroxyl groups is 1. The second kappa shape index (κ2) is 16.3. The van der Waals surface area contributed by atoms with Gasteiger partial charge in [-0.05, 0) is 78.9 Å². The number of rotatable bonds is 15. The van der Waals surface area contributed by atoms with E-state index < -0.39 is 6.10 Å². The zero-order chi connectivity index (χ0) is 29.7. The number of aliphatic hydroxyl groups excluding tert-OH is 2. The zero-order valence-electron chi connectivity index (χ0n) is 24.5. The number of amides is 1. The lowest BCUT2D eigenvalue weighted by Gasteiger charge is -2.34. The molecule has 0 bridgehead atoms. The number of carbonyl (C=O) groups excluding carboxylic acids is 1. The third-order valence-corrected chi connectivity index (χ3v) is 7.74. The molecule has 0 radical (unpaired) electrons. The summed E-state index contributed by atoms with van der Waals surface area (Å²) in [6.45, 7) is 3.81. The minimum atomic E-state index is -0.727. The average Bonchev–Trinajstić information content (AvgIpc) is 3.00. The van der Waals surface area contributed by atoms with Crippen molar-refractivity contribution in [1.82, 2.24) is 5.32 Å².